The Bertz CT molecular complexity index is 552. The monoisotopic (exact) mass is 263 g/mol. The largest absolute Gasteiger partial charge is 0.476 e. The molecule has 0 amide bonds. The molecule has 0 spiro atoms. The molecule has 0 unspecified atom stereocenters. The van der Waals surface area contributed by atoms with Crippen LogP contribution < -0.4 is 0 Å². The second-order valence-electron chi connectivity index (χ2n) is 4.07. The van der Waals surface area contributed by atoms with E-state index in [2.05, 4.69) is 9.97 Å². The van der Waals surface area contributed by atoms with Crippen molar-refractivity contribution in [3.8, 4) is 10.6 Å². The van der Waals surface area contributed by atoms with Crippen LogP contribution in [0.4, 0.5) is 0 Å². The first kappa shape index (κ1) is 12.7. The Morgan fingerprint density at radius 3 is 2.61 bits per heavy atom. The summed E-state index contributed by atoms with van der Waals surface area (Å²) in [5, 5.41) is 9.87. The fourth-order valence-corrected chi connectivity index (χ4v) is 2.71. The van der Waals surface area contributed by atoms with Crippen LogP contribution in [-0.4, -0.2) is 40.0 Å². The molecule has 0 bridgehead atoms. The molecule has 6 heteroatoms. The molecule has 0 fully saturated rings. The van der Waals surface area contributed by atoms with Crippen molar-refractivity contribution in [2.75, 3.05) is 14.1 Å². The number of carboxylic acid groups (broad SMARTS) is 1. The summed E-state index contributed by atoms with van der Waals surface area (Å²) in [5.74, 6) is -0.983. The van der Waals surface area contributed by atoms with Crippen LogP contribution in [-0.2, 0) is 6.54 Å². The number of pyridine rings is 1. The van der Waals surface area contributed by atoms with Gasteiger partial charge >= 0.3 is 5.97 Å². The highest BCUT2D eigenvalue weighted by molar-refractivity contribution is 7.15. The minimum absolute atomic E-state index is 0.139. The van der Waals surface area contributed by atoms with Crippen LogP contribution in [0.3, 0.4) is 0 Å². The third kappa shape index (κ3) is 2.72. The van der Waals surface area contributed by atoms with Gasteiger partial charge in [0.1, 0.15) is 5.01 Å². The molecule has 0 radical (unpaired) electrons. The summed E-state index contributed by atoms with van der Waals surface area (Å²) in [6.07, 6.45) is 3.34. The Balaban J connectivity index is 2.42. The Hall–Kier alpha value is -1.79. The number of aromatic carboxylic acids is 1. The van der Waals surface area contributed by atoms with Crippen LogP contribution in [0.25, 0.3) is 10.6 Å². The molecular weight excluding hydrogens is 250 g/mol. The van der Waals surface area contributed by atoms with E-state index in [4.69, 9.17) is 5.11 Å². The molecule has 5 nitrogen and oxygen atoms in total. The predicted molar refractivity (Wildman–Crippen MR) is 69.7 cm³/mol. The summed E-state index contributed by atoms with van der Waals surface area (Å²) in [5.41, 5.74) is 1.03. The van der Waals surface area contributed by atoms with E-state index >= 15 is 0 Å². The molecule has 2 heterocycles. The third-order valence-electron chi connectivity index (χ3n) is 2.29. The van der Waals surface area contributed by atoms with E-state index in [1.165, 1.54) is 11.3 Å². The molecule has 0 saturated heterocycles. The van der Waals surface area contributed by atoms with Crippen molar-refractivity contribution in [3.63, 3.8) is 0 Å². The van der Waals surface area contributed by atoms with Gasteiger partial charge in [-0.2, -0.15) is 0 Å². The molecule has 2 rings (SSSR count). The number of aromatic nitrogens is 2. The molecule has 0 aliphatic rings. The Morgan fingerprint density at radius 1 is 1.39 bits per heavy atom. The molecule has 1 N–H and O–H groups in total. The number of carboxylic acids is 1. The highest BCUT2D eigenvalue weighted by Crippen LogP contribution is 2.28. The first-order chi connectivity index (χ1) is 8.58. The van der Waals surface area contributed by atoms with Crippen LogP contribution in [0.5, 0.6) is 0 Å². The summed E-state index contributed by atoms with van der Waals surface area (Å²) in [4.78, 5) is 22.0. The quantitative estimate of drug-likeness (QED) is 0.913. The number of carbonyl (C=O) groups is 1. The summed E-state index contributed by atoms with van der Waals surface area (Å²) < 4.78 is 0. The van der Waals surface area contributed by atoms with Crippen molar-refractivity contribution in [2.45, 2.75) is 6.54 Å². The van der Waals surface area contributed by atoms with Gasteiger partial charge in [-0.1, -0.05) is 0 Å². The zero-order valence-corrected chi connectivity index (χ0v) is 10.9. The van der Waals surface area contributed by atoms with Gasteiger partial charge in [0.2, 0.25) is 0 Å². The van der Waals surface area contributed by atoms with Crippen molar-refractivity contribution >= 4 is 17.3 Å². The predicted octanol–water partition coefficient (Wildman–Crippen LogP) is 1.96. The fraction of sp³-hybridized carbons (Fsp3) is 0.250. The van der Waals surface area contributed by atoms with Crippen molar-refractivity contribution < 1.29 is 9.90 Å². The third-order valence-corrected chi connectivity index (χ3v) is 3.38. The van der Waals surface area contributed by atoms with Crippen LogP contribution >= 0.6 is 11.3 Å². The van der Waals surface area contributed by atoms with Gasteiger partial charge in [0.15, 0.2) is 5.69 Å². The zero-order valence-electron chi connectivity index (χ0n) is 10.1. The average molecular weight is 263 g/mol. The molecule has 0 aromatic carbocycles. The van der Waals surface area contributed by atoms with Gasteiger partial charge in [-0.15, -0.1) is 11.3 Å². The van der Waals surface area contributed by atoms with E-state index in [-0.39, 0.29) is 5.69 Å². The lowest BCUT2D eigenvalue weighted by Crippen LogP contribution is -2.12. The highest BCUT2D eigenvalue weighted by atomic mass is 32.1. The SMILES string of the molecule is CN(C)Cc1sc(-c2ccncc2)nc1C(=O)O. The standard InChI is InChI=1S/C12H13N3O2S/c1-15(2)7-9-10(12(16)17)14-11(18-9)8-3-5-13-6-4-8/h3-6H,7H2,1-2H3,(H,16,17). The number of hydrogen-bond acceptors (Lipinski definition) is 5. The first-order valence-electron chi connectivity index (χ1n) is 5.36. The van der Waals surface area contributed by atoms with Crippen molar-refractivity contribution in [2.24, 2.45) is 0 Å². The minimum Gasteiger partial charge on any atom is -0.476 e. The van der Waals surface area contributed by atoms with Gasteiger partial charge in [-0.3, -0.25) is 4.98 Å². The maximum atomic E-state index is 11.2. The zero-order chi connectivity index (χ0) is 13.1. The van der Waals surface area contributed by atoms with Crippen LogP contribution in [0.15, 0.2) is 24.5 Å². The number of hydrogen-bond donors (Lipinski definition) is 1. The van der Waals surface area contributed by atoms with Gasteiger partial charge in [-0.05, 0) is 26.2 Å². The number of rotatable bonds is 4. The van der Waals surface area contributed by atoms with E-state index in [0.29, 0.717) is 11.6 Å². The normalized spacial score (nSPS) is 10.8. The molecule has 0 aliphatic heterocycles. The van der Waals surface area contributed by atoms with Gasteiger partial charge in [-0.25, -0.2) is 9.78 Å². The lowest BCUT2D eigenvalue weighted by molar-refractivity contribution is 0.0689. The van der Waals surface area contributed by atoms with E-state index < -0.39 is 5.97 Å². The van der Waals surface area contributed by atoms with Crippen LogP contribution in [0.1, 0.15) is 15.4 Å². The average Bonchev–Trinajstić information content (AvgIpc) is 2.73. The van der Waals surface area contributed by atoms with Crippen molar-refractivity contribution in [1.29, 1.82) is 0 Å². The van der Waals surface area contributed by atoms with E-state index in [1.807, 2.05) is 31.1 Å². The highest BCUT2D eigenvalue weighted by Gasteiger charge is 2.18. The smallest absolute Gasteiger partial charge is 0.355 e. The lowest BCUT2D eigenvalue weighted by atomic mass is 10.3. The second kappa shape index (κ2) is 5.24. The van der Waals surface area contributed by atoms with Gasteiger partial charge in [0.25, 0.3) is 0 Å². The number of thiazole rings is 1. The first-order valence-corrected chi connectivity index (χ1v) is 6.17. The lowest BCUT2D eigenvalue weighted by Gasteiger charge is -2.06. The molecule has 0 saturated carbocycles. The fourth-order valence-electron chi connectivity index (χ4n) is 1.53. The molecule has 0 aliphatic carbocycles. The summed E-state index contributed by atoms with van der Waals surface area (Å²) in [7, 11) is 3.80. The molecule has 18 heavy (non-hydrogen) atoms. The molecular formula is C12H13N3O2S. The van der Waals surface area contributed by atoms with Gasteiger partial charge in [0.05, 0.1) is 4.88 Å². The van der Waals surface area contributed by atoms with E-state index in [0.717, 1.165) is 10.4 Å². The Kier molecular flexibility index (Phi) is 3.69. The summed E-state index contributed by atoms with van der Waals surface area (Å²) in [6.45, 7) is 0.574. The molecule has 2 aromatic heterocycles. The summed E-state index contributed by atoms with van der Waals surface area (Å²) >= 11 is 1.41. The Morgan fingerprint density at radius 2 is 2.06 bits per heavy atom. The number of nitrogens with zero attached hydrogens (tertiary/aromatic N) is 3. The maximum Gasteiger partial charge on any atom is 0.355 e. The molecule has 2 aromatic rings. The maximum absolute atomic E-state index is 11.2. The van der Waals surface area contributed by atoms with Gasteiger partial charge < -0.3 is 10.0 Å². The van der Waals surface area contributed by atoms with Crippen LogP contribution in [0.2, 0.25) is 0 Å². The Labute approximate surface area is 109 Å². The van der Waals surface area contributed by atoms with E-state index in [1.54, 1.807) is 12.4 Å². The molecule has 0 atom stereocenters. The van der Waals surface area contributed by atoms with Crippen molar-refractivity contribution in [1.82, 2.24) is 14.9 Å². The minimum atomic E-state index is -0.983. The molecule has 94 valence electrons. The van der Waals surface area contributed by atoms with Crippen LogP contribution in [0, 0.1) is 0 Å². The topological polar surface area (TPSA) is 66.3 Å². The van der Waals surface area contributed by atoms with Gasteiger partial charge in [0, 0.05) is 24.5 Å². The summed E-state index contributed by atoms with van der Waals surface area (Å²) in [6, 6.07) is 3.65. The van der Waals surface area contributed by atoms with Crippen molar-refractivity contribution in [3.05, 3.63) is 35.1 Å². The van der Waals surface area contributed by atoms with E-state index in [9.17, 15) is 4.79 Å². The second-order valence-corrected chi connectivity index (χ2v) is 5.15.